The molecule has 5 nitrogen and oxygen atoms in total. The minimum Gasteiger partial charge on any atom is -0.508 e. The first kappa shape index (κ1) is 17.9. The summed E-state index contributed by atoms with van der Waals surface area (Å²) in [5.74, 6) is -0.364. The van der Waals surface area contributed by atoms with E-state index in [2.05, 4.69) is 5.32 Å². The van der Waals surface area contributed by atoms with E-state index in [1.807, 2.05) is 31.2 Å². The van der Waals surface area contributed by atoms with Gasteiger partial charge in [-0.1, -0.05) is 30.3 Å². The molecule has 0 bridgehead atoms. The Morgan fingerprint density at radius 3 is 2.36 bits per heavy atom. The molecule has 1 fully saturated rings. The molecule has 0 aliphatic heterocycles. The predicted molar refractivity (Wildman–Crippen MR) is 108 cm³/mol. The molecule has 3 aromatic rings. The van der Waals surface area contributed by atoms with Gasteiger partial charge in [-0.2, -0.15) is 0 Å². The van der Waals surface area contributed by atoms with E-state index in [-0.39, 0.29) is 23.2 Å². The highest BCUT2D eigenvalue weighted by molar-refractivity contribution is 6.02. The summed E-state index contributed by atoms with van der Waals surface area (Å²) in [5, 5.41) is 32.1. The average molecular weight is 375 g/mol. The molecule has 28 heavy (non-hydrogen) atoms. The van der Waals surface area contributed by atoms with Gasteiger partial charge in [0.15, 0.2) is 11.5 Å². The number of nitrogens with one attached hydrogen (secondary N) is 1. The van der Waals surface area contributed by atoms with Crippen LogP contribution < -0.4 is 5.32 Å². The van der Waals surface area contributed by atoms with Crippen LogP contribution in [0.15, 0.2) is 60.7 Å². The fraction of sp³-hybridized carbons (Fsp3) is 0.174. The minimum absolute atomic E-state index is 0.131. The summed E-state index contributed by atoms with van der Waals surface area (Å²) in [7, 11) is 0. The number of aromatic hydroxyl groups is 3. The lowest BCUT2D eigenvalue weighted by molar-refractivity contribution is -0.118. The van der Waals surface area contributed by atoms with Crippen molar-refractivity contribution >= 4 is 11.6 Å². The Balaban J connectivity index is 1.63. The van der Waals surface area contributed by atoms with Crippen molar-refractivity contribution in [1.29, 1.82) is 0 Å². The van der Waals surface area contributed by atoms with Crippen molar-refractivity contribution in [1.82, 2.24) is 0 Å². The van der Waals surface area contributed by atoms with Gasteiger partial charge in [-0.3, -0.25) is 4.79 Å². The highest BCUT2D eigenvalue weighted by Crippen LogP contribution is 2.50. The Labute approximate surface area is 162 Å². The molecule has 0 radical (unpaired) electrons. The fourth-order valence-electron chi connectivity index (χ4n) is 3.59. The molecule has 1 saturated carbocycles. The summed E-state index contributed by atoms with van der Waals surface area (Å²) in [6.45, 7) is 1.93. The lowest BCUT2D eigenvalue weighted by Gasteiger charge is -2.19. The molecular formula is C23H21NO4. The van der Waals surface area contributed by atoms with Crippen LogP contribution in [0.4, 0.5) is 5.69 Å². The van der Waals surface area contributed by atoms with Gasteiger partial charge in [0.2, 0.25) is 5.91 Å². The van der Waals surface area contributed by atoms with Crippen LogP contribution in [0, 0.1) is 6.92 Å². The van der Waals surface area contributed by atoms with E-state index in [1.165, 1.54) is 12.1 Å². The van der Waals surface area contributed by atoms with Gasteiger partial charge in [-0.15, -0.1) is 0 Å². The maximum absolute atomic E-state index is 13.1. The van der Waals surface area contributed by atoms with E-state index >= 15 is 0 Å². The average Bonchev–Trinajstić information content (AvgIpc) is 3.48. The molecule has 142 valence electrons. The number of hydrogen-bond acceptors (Lipinski definition) is 4. The molecule has 1 aliphatic rings. The minimum atomic E-state index is -0.682. The molecule has 0 heterocycles. The Bertz CT molecular complexity index is 1070. The SMILES string of the molecule is Cc1c(NC(=O)C2(c3ccc(O)c(O)c3)CC2)cccc1-c1cccc(O)c1. The lowest BCUT2D eigenvalue weighted by atomic mass is 9.93. The number of carbonyl (C=O) groups excluding carboxylic acids is 1. The van der Waals surface area contributed by atoms with Gasteiger partial charge in [0, 0.05) is 5.69 Å². The monoisotopic (exact) mass is 375 g/mol. The number of rotatable bonds is 4. The van der Waals surface area contributed by atoms with Gasteiger partial charge in [0.1, 0.15) is 5.75 Å². The van der Waals surface area contributed by atoms with Crippen molar-refractivity contribution in [3.8, 4) is 28.4 Å². The number of phenolic OH excluding ortho intramolecular Hbond substituents is 3. The zero-order valence-electron chi connectivity index (χ0n) is 15.4. The third-order valence-corrected chi connectivity index (χ3v) is 5.45. The van der Waals surface area contributed by atoms with Crippen molar-refractivity contribution < 1.29 is 20.1 Å². The van der Waals surface area contributed by atoms with Gasteiger partial charge in [-0.25, -0.2) is 0 Å². The van der Waals surface area contributed by atoms with Crippen LogP contribution in [-0.4, -0.2) is 21.2 Å². The van der Waals surface area contributed by atoms with E-state index in [0.29, 0.717) is 24.1 Å². The maximum Gasteiger partial charge on any atom is 0.235 e. The van der Waals surface area contributed by atoms with Gasteiger partial charge in [-0.05, 0) is 72.4 Å². The van der Waals surface area contributed by atoms with Crippen LogP contribution in [-0.2, 0) is 10.2 Å². The molecule has 0 aromatic heterocycles. The largest absolute Gasteiger partial charge is 0.508 e. The van der Waals surface area contributed by atoms with Crippen LogP contribution >= 0.6 is 0 Å². The lowest BCUT2D eigenvalue weighted by Crippen LogP contribution is -2.28. The van der Waals surface area contributed by atoms with Crippen LogP contribution in [0.5, 0.6) is 17.2 Å². The zero-order valence-corrected chi connectivity index (χ0v) is 15.4. The number of hydrogen-bond donors (Lipinski definition) is 4. The predicted octanol–water partition coefficient (Wildman–Crippen LogP) is 4.45. The van der Waals surface area contributed by atoms with Crippen molar-refractivity contribution in [2.75, 3.05) is 5.32 Å². The topological polar surface area (TPSA) is 89.8 Å². The van der Waals surface area contributed by atoms with Crippen molar-refractivity contribution in [2.24, 2.45) is 0 Å². The van der Waals surface area contributed by atoms with E-state index in [0.717, 1.165) is 16.7 Å². The van der Waals surface area contributed by atoms with Crippen molar-refractivity contribution in [3.05, 3.63) is 71.8 Å². The van der Waals surface area contributed by atoms with Crippen molar-refractivity contribution in [2.45, 2.75) is 25.2 Å². The van der Waals surface area contributed by atoms with Gasteiger partial charge < -0.3 is 20.6 Å². The third-order valence-electron chi connectivity index (χ3n) is 5.45. The Morgan fingerprint density at radius 1 is 0.929 bits per heavy atom. The number of phenols is 3. The highest BCUT2D eigenvalue weighted by atomic mass is 16.3. The number of benzene rings is 3. The van der Waals surface area contributed by atoms with E-state index in [1.54, 1.807) is 24.3 Å². The Morgan fingerprint density at radius 2 is 1.68 bits per heavy atom. The molecule has 0 spiro atoms. The molecule has 3 aromatic carbocycles. The van der Waals surface area contributed by atoms with Crippen molar-refractivity contribution in [3.63, 3.8) is 0 Å². The quantitative estimate of drug-likeness (QED) is 0.507. The Hall–Kier alpha value is -3.47. The molecule has 0 atom stereocenters. The van der Waals surface area contributed by atoms with E-state index < -0.39 is 5.41 Å². The standard InChI is InChI=1S/C23H21NO4/c1-14-18(15-4-2-5-17(25)12-15)6-3-7-19(14)24-22(28)23(10-11-23)16-8-9-20(26)21(27)13-16/h2-9,12-13,25-27H,10-11H2,1H3,(H,24,28). The first-order chi connectivity index (χ1) is 13.4. The summed E-state index contributed by atoms with van der Waals surface area (Å²) < 4.78 is 0. The van der Waals surface area contributed by atoms with Crippen LogP contribution in [0.3, 0.4) is 0 Å². The molecule has 0 unspecified atom stereocenters. The summed E-state index contributed by atoms with van der Waals surface area (Å²) in [6.07, 6.45) is 1.38. The second-order valence-corrected chi connectivity index (χ2v) is 7.27. The third kappa shape index (κ3) is 3.05. The second kappa shape index (κ2) is 6.60. The number of carbonyl (C=O) groups is 1. The summed E-state index contributed by atoms with van der Waals surface area (Å²) in [4.78, 5) is 13.1. The Kier molecular flexibility index (Phi) is 4.23. The molecule has 4 rings (SSSR count). The van der Waals surface area contributed by atoms with Crippen LogP contribution in [0.1, 0.15) is 24.0 Å². The molecule has 1 amide bonds. The van der Waals surface area contributed by atoms with Crippen LogP contribution in [0.2, 0.25) is 0 Å². The molecule has 5 heteroatoms. The zero-order chi connectivity index (χ0) is 19.9. The maximum atomic E-state index is 13.1. The first-order valence-electron chi connectivity index (χ1n) is 9.14. The highest BCUT2D eigenvalue weighted by Gasteiger charge is 2.51. The smallest absolute Gasteiger partial charge is 0.235 e. The van der Waals surface area contributed by atoms with E-state index in [9.17, 15) is 20.1 Å². The summed E-state index contributed by atoms with van der Waals surface area (Å²) in [6, 6.07) is 17.2. The van der Waals surface area contributed by atoms with E-state index in [4.69, 9.17) is 0 Å². The molecular weight excluding hydrogens is 354 g/mol. The fourth-order valence-corrected chi connectivity index (χ4v) is 3.59. The molecule has 4 N–H and O–H groups in total. The number of amides is 1. The number of anilines is 1. The van der Waals surface area contributed by atoms with Gasteiger partial charge >= 0.3 is 0 Å². The summed E-state index contributed by atoms with van der Waals surface area (Å²) in [5.41, 5.74) is 3.44. The molecule has 0 saturated heterocycles. The normalized spacial score (nSPS) is 14.5. The summed E-state index contributed by atoms with van der Waals surface area (Å²) >= 11 is 0. The first-order valence-corrected chi connectivity index (χ1v) is 9.14. The second-order valence-electron chi connectivity index (χ2n) is 7.27. The molecule has 1 aliphatic carbocycles. The van der Waals surface area contributed by atoms with Gasteiger partial charge in [0.05, 0.1) is 5.41 Å². The van der Waals surface area contributed by atoms with Crippen LogP contribution in [0.25, 0.3) is 11.1 Å². The van der Waals surface area contributed by atoms with Gasteiger partial charge in [0.25, 0.3) is 0 Å².